The van der Waals surface area contributed by atoms with Crippen molar-refractivity contribution >= 4 is 28.3 Å². The van der Waals surface area contributed by atoms with Crippen LogP contribution in [0.3, 0.4) is 0 Å². The number of anilines is 1. The number of carbonyl (C=O) groups is 2. The van der Waals surface area contributed by atoms with E-state index in [1.807, 2.05) is 32.0 Å². The molecule has 132 valence electrons. The minimum Gasteiger partial charge on any atom is -0.317 e. The molecule has 3 aromatic rings. The molecule has 2 aromatic heterocycles. The van der Waals surface area contributed by atoms with Gasteiger partial charge in [0.2, 0.25) is 0 Å². The Bertz CT molecular complexity index is 979. The Morgan fingerprint density at radius 3 is 2.81 bits per heavy atom. The van der Waals surface area contributed by atoms with Gasteiger partial charge in [-0.15, -0.1) is 11.3 Å². The normalized spacial score (nSPS) is 14.4. The van der Waals surface area contributed by atoms with Crippen LogP contribution in [0.5, 0.6) is 0 Å². The largest absolute Gasteiger partial charge is 0.317 e. The number of hydrogen-bond acceptors (Lipinski definition) is 5. The smallest absolute Gasteiger partial charge is 0.255 e. The van der Waals surface area contributed by atoms with Crippen molar-refractivity contribution in [2.24, 2.45) is 0 Å². The highest BCUT2D eigenvalue weighted by molar-refractivity contribution is 7.13. The molecule has 1 atom stereocenters. The van der Waals surface area contributed by atoms with E-state index in [0.29, 0.717) is 22.9 Å². The first-order valence-corrected chi connectivity index (χ1v) is 9.05. The summed E-state index contributed by atoms with van der Waals surface area (Å²) in [4.78, 5) is 31.7. The summed E-state index contributed by atoms with van der Waals surface area (Å²) in [7, 11) is 0. The van der Waals surface area contributed by atoms with Gasteiger partial charge in [-0.05, 0) is 31.0 Å². The molecular weight excluding hydrogens is 350 g/mol. The summed E-state index contributed by atoms with van der Waals surface area (Å²) >= 11 is 1.33. The molecule has 0 bridgehead atoms. The zero-order valence-electron chi connectivity index (χ0n) is 14.3. The van der Waals surface area contributed by atoms with Crippen LogP contribution in [-0.2, 0) is 11.3 Å². The van der Waals surface area contributed by atoms with Gasteiger partial charge < -0.3 is 4.90 Å². The van der Waals surface area contributed by atoms with E-state index in [1.54, 1.807) is 22.5 Å². The highest BCUT2D eigenvalue weighted by Gasteiger charge is 2.39. The van der Waals surface area contributed by atoms with Gasteiger partial charge >= 0.3 is 0 Å². The zero-order chi connectivity index (χ0) is 18.3. The lowest BCUT2D eigenvalue weighted by atomic mass is 10.1. The molecule has 3 heterocycles. The molecule has 2 N–H and O–H groups in total. The van der Waals surface area contributed by atoms with Crippen molar-refractivity contribution in [2.75, 3.05) is 5.32 Å². The molecule has 1 aliphatic heterocycles. The van der Waals surface area contributed by atoms with Crippen LogP contribution in [-0.4, -0.2) is 31.9 Å². The van der Waals surface area contributed by atoms with Crippen LogP contribution in [0.4, 0.5) is 5.13 Å². The predicted molar refractivity (Wildman–Crippen MR) is 97.9 cm³/mol. The van der Waals surface area contributed by atoms with Crippen molar-refractivity contribution in [3.8, 4) is 0 Å². The Labute approximate surface area is 154 Å². The first kappa shape index (κ1) is 16.5. The Hall–Kier alpha value is -3.00. The minimum atomic E-state index is -0.830. The van der Waals surface area contributed by atoms with Gasteiger partial charge in [-0.3, -0.25) is 20.0 Å². The lowest BCUT2D eigenvalue weighted by molar-refractivity contribution is -0.121. The number of rotatable bonds is 4. The zero-order valence-corrected chi connectivity index (χ0v) is 15.1. The number of aryl methyl sites for hydroxylation is 1. The Morgan fingerprint density at radius 2 is 2.15 bits per heavy atom. The third-order valence-electron chi connectivity index (χ3n) is 4.62. The molecule has 26 heavy (non-hydrogen) atoms. The van der Waals surface area contributed by atoms with E-state index < -0.39 is 6.04 Å². The second kappa shape index (κ2) is 6.38. The van der Waals surface area contributed by atoms with Gasteiger partial charge in [0.15, 0.2) is 11.2 Å². The van der Waals surface area contributed by atoms with Crippen LogP contribution in [0.2, 0.25) is 0 Å². The van der Waals surface area contributed by atoms with Gasteiger partial charge in [0.05, 0.1) is 5.69 Å². The van der Waals surface area contributed by atoms with Crippen LogP contribution in [0.25, 0.3) is 0 Å². The van der Waals surface area contributed by atoms with E-state index in [9.17, 15) is 9.59 Å². The monoisotopic (exact) mass is 367 g/mol. The van der Waals surface area contributed by atoms with Gasteiger partial charge in [0, 0.05) is 29.4 Å². The van der Waals surface area contributed by atoms with E-state index in [4.69, 9.17) is 0 Å². The number of benzene rings is 1. The summed E-state index contributed by atoms with van der Waals surface area (Å²) in [6.07, 6.45) is 1.62. The van der Waals surface area contributed by atoms with Crippen molar-refractivity contribution in [2.45, 2.75) is 26.4 Å². The molecule has 1 unspecified atom stereocenters. The molecular formula is C18H17N5O2S. The molecule has 0 saturated heterocycles. The average Bonchev–Trinajstić information content (AvgIpc) is 3.33. The van der Waals surface area contributed by atoms with Crippen LogP contribution in [0.15, 0.2) is 35.8 Å². The van der Waals surface area contributed by atoms with Crippen molar-refractivity contribution in [1.29, 1.82) is 0 Å². The number of fused-ring (bicyclic) bond motifs is 1. The summed E-state index contributed by atoms with van der Waals surface area (Å²) in [6.45, 7) is 4.16. The molecule has 0 fully saturated rings. The summed E-state index contributed by atoms with van der Waals surface area (Å²) in [5, 5.41) is 12.3. The summed E-state index contributed by atoms with van der Waals surface area (Å²) in [6, 6.07) is 6.59. The lowest BCUT2D eigenvalue weighted by Crippen LogP contribution is -2.38. The number of aromatic nitrogens is 3. The molecule has 0 radical (unpaired) electrons. The number of thiazole rings is 1. The predicted octanol–water partition coefficient (Wildman–Crippen LogP) is 2.82. The maximum absolute atomic E-state index is 13.1. The number of nitrogens with zero attached hydrogens (tertiary/aromatic N) is 3. The third kappa shape index (κ3) is 2.68. The quantitative estimate of drug-likeness (QED) is 0.742. The maximum Gasteiger partial charge on any atom is 0.255 e. The van der Waals surface area contributed by atoms with E-state index in [0.717, 1.165) is 16.8 Å². The fourth-order valence-corrected chi connectivity index (χ4v) is 3.66. The summed E-state index contributed by atoms with van der Waals surface area (Å²) < 4.78 is 0. The SMILES string of the molecule is Cc1[nH]nc(C(C(=O)Nc2nccs2)N2Cc3ccccc3C2=O)c1C. The van der Waals surface area contributed by atoms with Crippen molar-refractivity contribution in [1.82, 2.24) is 20.1 Å². The van der Waals surface area contributed by atoms with Gasteiger partial charge in [-0.1, -0.05) is 18.2 Å². The summed E-state index contributed by atoms with van der Waals surface area (Å²) in [5.41, 5.74) is 3.83. The maximum atomic E-state index is 13.1. The van der Waals surface area contributed by atoms with E-state index in [1.165, 1.54) is 11.3 Å². The standard InChI is InChI=1S/C18H17N5O2S/c1-10-11(2)21-22-14(10)15(16(24)20-18-19-7-8-26-18)23-9-12-5-3-4-6-13(12)17(23)25/h3-8,15H,9H2,1-2H3,(H,21,22)(H,19,20,24). The molecule has 2 amide bonds. The Morgan fingerprint density at radius 1 is 1.35 bits per heavy atom. The van der Waals surface area contributed by atoms with E-state index in [-0.39, 0.29) is 11.8 Å². The van der Waals surface area contributed by atoms with Gasteiger partial charge in [0.1, 0.15) is 0 Å². The van der Waals surface area contributed by atoms with Gasteiger partial charge in [-0.2, -0.15) is 5.10 Å². The van der Waals surface area contributed by atoms with Crippen LogP contribution < -0.4 is 5.32 Å². The molecule has 8 heteroatoms. The fraction of sp³-hybridized carbons (Fsp3) is 0.222. The number of H-pyrrole nitrogens is 1. The Kier molecular flexibility index (Phi) is 4.04. The molecule has 0 aliphatic carbocycles. The minimum absolute atomic E-state index is 0.167. The summed E-state index contributed by atoms with van der Waals surface area (Å²) in [5.74, 6) is -0.490. The molecule has 7 nitrogen and oxygen atoms in total. The van der Waals surface area contributed by atoms with Crippen LogP contribution >= 0.6 is 11.3 Å². The van der Waals surface area contributed by atoms with Gasteiger partial charge in [0.25, 0.3) is 11.8 Å². The van der Waals surface area contributed by atoms with E-state index in [2.05, 4.69) is 20.5 Å². The van der Waals surface area contributed by atoms with Crippen LogP contribution in [0.1, 0.15) is 38.9 Å². The van der Waals surface area contributed by atoms with Crippen molar-refractivity contribution in [3.63, 3.8) is 0 Å². The highest BCUT2D eigenvalue weighted by atomic mass is 32.1. The molecule has 0 saturated carbocycles. The fourth-order valence-electron chi connectivity index (χ4n) is 3.13. The molecule has 4 rings (SSSR count). The number of hydrogen-bond donors (Lipinski definition) is 2. The third-order valence-corrected chi connectivity index (χ3v) is 5.31. The van der Waals surface area contributed by atoms with Crippen LogP contribution in [0, 0.1) is 13.8 Å². The number of nitrogens with one attached hydrogen (secondary N) is 2. The Balaban J connectivity index is 1.73. The molecule has 0 spiro atoms. The number of amides is 2. The highest BCUT2D eigenvalue weighted by Crippen LogP contribution is 2.33. The van der Waals surface area contributed by atoms with E-state index >= 15 is 0 Å². The van der Waals surface area contributed by atoms with Crippen molar-refractivity contribution in [3.05, 3.63) is 63.9 Å². The second-order valence-corrected chi connectivity index (χ2v) is 7.07. The number of aromatic amines is 1. The average molecular weight is 367 g/mol. The number of carbonyl (C=O) groups excluding carboxylic acids is 2. The first-order chi connectivity index (χ1) is 12.6. The molecule has 1 aromatic carbocycles. The van der Waals surface area contributed by atoms with Gasteiger partial charge in [-0.25, -0.2) is 4.98 Å². The molecule has 1 aliphatic rings. The lowest BCUT2D eigenvalue weighted by Gasteiger charge is -2.25. The first-order valence-electron chi connectivity index (χ1n) is 8.17. The van der Waals surface area contributed by atoms with Crippen molar-refractivity contribution < 1.29 is 9.59 Å². The second-order valence-electron chi connectivity index (χ2n) is 6.18. The topological polar surface area (TPSA) is 91.0 Å².